The van der Waals surface area contributed by atoms with Crippen molar-refractivity contribution in [2.45, 2.75) is 193 Å². The summed E-state index contributed by atoms with van der Waals surface area (Å²) in [6.45, 7) is 11.4. The number of hydrogen-bond donors (Lipinski definition) is 3. The zero-order valence-corrected chi connectivity index (χ0v) is 27.3. The number of aliphatic hydroxyl groups excluding tert-OH is 1. The van der Waals surface area contributed by atoms with E-state index in [4.69, 9.17) is 5.73 Å². The Kier molecular flexibility index (Phi) is 32.2. The fourth-order valence-corrected chi connectivity index (χ4v) is 5.73. The van der Waals surface area contributed by atoms with E-state index in [-0.39, 0.29) is 0 Å². The molecule has 0 rings (SSSR count). The maximum Gasteiger partial charge on any atom is 0.0789 e. The van der Waals surface area contributed by atoms with Gasteiger partial charge in [0.05, 0.1) is 6.10 Å². The molecule has 4 nitrogen and oxygen atoms in total. The molecule has 39 heavy (non-hydrogen) atoms. The number of nitrogens with one attached hydrogen (secondary N) is 1. The summed E-state index contributed by atoms with van der Waals surface area (Å²) < 4.78 is 0. The molecule has 0 aromatic rings. The molecule has 0 aliphatic rings. The molecule has 0 aromatic carbocycles. The molecule has 0 aliphatic heterocycles. The van der Waals surface area contributed by atoms with E-state index < -0.39 is 6.10 Å². The predicted octanol–water partition coefficient (Wildman–Crippen LogP) is 9.38. The molecule has 2 atom stereocenters. The van der Waals surface area contributed by atoms with E-state index >= 15 is 0 Å². The summed E-state index contributed by atoms with van der Waals surface area (Å²) in [4.78, 5) is 2.50. The van der Waals surface area contributed by atoms with Crippen molar-refractivity contribution >= 4 is 0 Å². The van der Waals surface area contributed by atoms with Crippen LogP contribution >= 0.6 is 0 Å². The molecule has 0 saturated carbocycles. The topological polar surface area (TPSA) is 61.5 Å². The second-order valence-corrected chi connectivity index (χ2v) is 12.6. The Hall–Kier alpha value is -0.160. The van der Waals surface area contributed by atoms with E-state index in [9.17, 15) is 5.11 Å². The SMILES string of the molecule is CCCCCCCCCCCCCCNCCCCN(CC(O)CN)C(C)CCCCCCCCCCCC. The summed E-state index contributed by atoms with van der Waals surface area (Å²) in [5.41, 5.74) is 5.74. The first-order valence-electron chi connectivity index (χ1n) is 18.0. The van der Waals surface area contributed by atoms with Crippen LogP contribution in [0.4, 0.5) is 0 Å². The van der Waals surface area contributed by atoms with E-state index in [0.29, 0.717) is 12.6 Å². The van der Waals surface area contributed by atoms with E-state index in [0.717, 1.165) is 19.6 Å². The van der Waals surface area contributed by atoms with Crippen molar-refractivity contribution in [3.8, 4) is 0 Å². The van der Waals surface area contributed by atoms with E-state index in [2.05, 4.69) is 31.0 Å². The zero-order chi connectivity index (χ0) is 28.7. The third-order valence-electron chi connectivity index (χ3n) is 8.57. The highest BCUT2D eigenvalue weighted by atomic mass is 16.3. The molecule has 0 spiro atoms. The summed E-state index contributed by atoms with van der Waals surface area (Å²) in [5, 5.41) is 13.8. The zero-order valence-electron chi connectivity index (χ0n) is 27.3. The molecule has 0 aromatic heterocycles. The van der Waals surface area contributed by atoms with Crippen LogP contribution < -0.4 is 11.1 Å². The largest absolute Gasteiger partial charge is 0.390 e. The predicted molar refractivity (Wildman–Crippen MR) is 176 cm³/mol. The average molecular weight is 554 g/mol. The lowest BCUT2D eigenvalue weighted by Crippen LogP contribution is -2.42. The van der Waals surface area contributed by atoms with Crippen molar-refractivity contribution < 1.29 is 5.11 Å². The van der Waals surface area contributed by atoms with Gasteiger partial charge in [-0.1, -0.05) is 149 Å². The maximum absolute atomic E-state index is 10.2. The number of aliphatic hydroxyl groups is 1. The summed E-state index contributed by atoms with van der Waals surface area (Å²) in [5.74, 6) is 0. The van der Waals surface area contributed by atoms with Gasteiger partial charge in [0, 0.05) is 19.1 Å². The van der Waals surface area contributed by atoms with Crippen LogP contribution in [0.15, 0.2) is 0 Å². The first-order chi connectivity index (χ1) is 19.2. The highest BCUT2D eigenvalue weighted by Gasteiger charge is 2.16. The minimum absolute atomic E-state index is 0.363. The van der Waals surface area contributed by atoms with Crippen LogP contribution in [0.2, 0.25) is 0 Å². The van der Waals surface area contributed by atoms with Gasteiger partial charge in [0.1, 0.15) is 0 Å². The average Bonchev–Trinajstić information content (AvgIpc) is 2.94. The quantitative estimate of drug-likeness (QED) is 0.0708. The summed E-state index contributed by atoms with van der Waals surface area (Å²) in [6, 6.07) is 0.536. The van der Waals surface area contributed by atoms with Gasteiger partial charge in [-0.3, -0.25) is 4.90 Å². The molecule has 0 radical (unpaired) electrons. The van der Waals surface area contributed by atoms with Crippen LogP contribution in [0.3, 0.4) is 0 Å². The number of unbranched alkanes of at least 4 members (excludes halogenated alkanes) is 21. The Morgan fingerprint density at radius 2 is 0.949 bits per heavy atom. The Morgan fingerprint density at radius 1 is 0.564 bits per heavy atom. The number of rotatable bonds is 33. The van der Waals surface area contributed by atoms with Crippen LogP contribution in [0.25, 0.3) is 0 Å². The van der Waals surface area contributed by atoms with Crippen molar-refractivity contribution in [3.63, 3.8) is 0 Å². The lowest BCUT2D eigenvalue weighted by molar-refractivity contribution is 0.0912. The number of nitrogens with two attached hydrogens (primary N) is 1. The Balaban J connectivity index is 3.70. The second-order valence-electron chi connectivity index (χ2n) is 12.6. The van der Waals surface area contributed by atoms with Gasteiger partial charge in [-0.15, -0.1) is 0 Å². The molecule has 0 aliphatic carbocycles. The van der Waals surface area contributed by atoms with Crippen LogP contribution in [-0.4, -0.2) is 54.9 Å². The number of nitrogens with zero attached hydrogens (tertiary/aromatic N) is 1. The Bertz CT molecular complexity index is 448. The van der Waals surface area contributed by atoms with Crippen LogP contribution in [0.5, 0.6) is 0 Å². The van der Waals surface area contributed by atoms with Gasteiger partial charge in [0.25, 0.3) is 0 Å². The van der Waals surface area contributed by atoms with Gasteiger partial charge in [-0.05, 0) is 52.2 Å². The van der Waals surface area contributed by atoms with Gasteiger partial charge in [0.15, 0.2) is 0 Å². The van der Waals surface area contributed by atoms with Crippen LogP contribution in [0.1, 0.15) is 181 Å². The molecule has 4 heteroatoms. The molecule has 0 bridgehead atoms. The fourth-order valence-electron chi connectivity index (χ4n) is 5.73. The van der Waals surface area contributed by atoms with Crippen molar-refractivity contribution in [2.24, 2.45) is 5.73 Å². The van der Waals surface area contributed by atoms with Gasteiger partial charge in [-0.25, -0.2) is 0 Å². The van der Waals surface area contributed by atoms with Crippen molar-refractivity contribution in [3.05, 3.63) is 0 Å². The first kappa shape index (κ1) is 38.8. The number of hydrogen-bond acceptors (Lipinski definition) is 4. The summed E-state index contributed by atoms with van der Waals surface area (Å²) in [6.07, 6.45) is 34.2. The van der Waals surface area contributed by atoms with E-state index in [1.807, 2.05) is 0 Å². The molecular weight excluding hydrogens is 478 g/mol. The standard InChI is InChI=1S/C35H75N3O/c1-4-6-8-10-12-14-16-17-19-21-23-25-29-37-30-26-27-31-38(33-35(39)32-36)34(3)28-24-22-20-18-15-13-11-9-7-5-2/h34-35,37,39H,4-33,36H2,1-3H3. The molecule has 0 amide bonds. The summed E-state index contributed by atoms with van der Waals surface area (Å²) in [7, 11) is 0. The van der Waals surface area contributed by atoms with Gasteiger partial charge in [-0.2, -0.15) is 0 Å². The first-order valence-corrected chi connectivity index (χ1v) is 18.0. The highest BCUT2D eigenvalue weighted by Crippen LogP contribution is 2.15. The van der Waals surface area contributed by atoms with Crippen molar-refractivity contribution in [1.29, 1.82) is 0 Å². The molecule has 4 N–H and O–H groups in total. The van der Waals surface area contributed by atoms with Crippen LogP contribution in [-0.2, 0) is 0 Å². The molecule has 236 valence electrons. The van der Waals surface area contributed by atoms with Crippen LogP contribution in [0, 0.1) is 0 Å². The Labute approximate surface area is 247 Å². The van der Waals surface area contributed by atoms with E-state index in [1.54, 1.807) is 0 Å². The van der Waals surface area contributed by atoms with E-state index in [1.165, 1.54) is 167 Å². The second kappa shape index (κ2) is 32.4. The molecule has 0 saturated heterocycles. The lowest BCUT2D eigenvalue weighted by Gasteiger charge is -2.31. The smallest absolute Gasteiger partial charge is 0.0789 e. The minimum Gasteiger partial charge on any atom is -0.390 e. The van der Waals surface area contributed by atoms with Crippen molar-refractivity contribution in [2.75, 3.05) is 32.7 Å². The molecule has 0 fully saturated rings. The molecular formula is C35H75N3O. The third kappa shape index (κ3) is 29.1. The molecule has 2 unspecified atom stereocenters. The normalized spacial score (nSPS) is 13.4. The lowest BCUT2D eigenvalue weighted by atomic mass is 10.0. The minimum atomic E-state index is -0.399. The maximum atomic E-state index is 10.2. The monoisotopic (exact) mass is 554 g/mol. The van der Waals surface area contributed by atoms with Gasteiger partial charge < -0.3 is 16.2 Å². The summed E-state index contributed by atoms with van der Waals surface area (Å²) >= 11 is 0. The molecule has 0 heterocycles. The third-order valence-corrected chi connectivity index (χ3v) is 8.57. The van der Waals surface area contributed by atoms with Gasteiger partial charge in [0.2, 0.25) is 0 Å². The fraction of sp³-hybridized carbons (Fsp3) is 1.00. The van der Waals surface area contributed by atoms with Crippen molar-refractivity contribution in [1.82, 2.24) is 10.2 Å². The Morgan fingerprint density at radius 3 is 1.38 bits per heavy atom. The van der Waals surface area contributed by atoms with Gasteiger partial charge >= 0.3 is 0 Å². The highest BCUT2D eigenvalue weighted by molar-refractivity contribution is 4.72.